The van der Waals surface area contributed by atoms with Crippen LogP contribution in [0.2, 0.25) is 5.02 Å². The number of rotatable bonds is 8. The molecule has 1 aromatic heterocycles. The fourth-order valence-electron chi connectivity index (χ4n) is 2.67. The second-order valence-electron chi connectivity index (χ2n) is 6.50. The van der Waals surface area contributed by atoms with Crippen molar-refractivity contribution in [1.29, 1.82) is 0 Å². The van der Waals surface area contributed by atoms with Crippen molar-refractivity contribution in [1.82, 2.24) is 4.73 Å². The Labute approximate surface area is 174 Å². The van der Waals surface area contributed by atoms with Crippen LogP contribution in [-0.4, -0.2) is 16.5 Å². The molecule has 0 spiro atoms. The molecule has 0 aliphatic rings. The van der Waals surface area contributed by atoms with Crippen LogP contribution < -0.4 is 15.0 Å². The Balaban J connectivity index is 1.46. The van der Waals surface area contributed by atoms with Crippen molar-refractivity contribution in [3.63, 3.8) is 0 Å². The van der Waals surface area contributed by atoms with E-state index in [1.807, 2.05) is 42.5 Å². The first kappa shape index (κ1) is 20.6. The summed E-state index contributed by atoms with van der Waals surface area (Å²) < 4.78 is 11.9. The molecule has 0 aliphatic heterocycles. The van der Waals surface area contributed by atoms with E-state index in [4.69, 9.17) is 21.1 Å². The fraction of sp³-hybridized carbons (Fsp3) is 0.174. The highest BCUT2D eigenvalue weighted by Gasteiger charge is 2.08. The van der Waals surface area contributed by atoms with Crippen LogP contribution in [0.5, 0.6) is 11.5 Å². The zero-order chi connectivity index (χ0) is 20.6. The second kappa shape index (κ2) is 9.85. The third-order valence-corrected chi connectivity index (χ3v) is 4.65. The first-order valence-corrected chi connectivity index (χ1v) is 9.56. The maximum absolute atomic E-state index is 11.9. The van der Waals surface area contributed by atoms with Crippen LogP contribution in [0.3, 0.4) is 0 Å². The minimum absolute atomic E-state index is 0.0830. The van der Waals surface area contributed by atoms with Crippen LogP contribution in [0, 0.1) is 6.92 Å². The average Bonchev–Trinajstić information content (AvgIpc) is 2.73. The number of hydrogen-bond donors (Lipinski definition) is 1. The summed E-state index contributed by atoms with van der Waals surface area (Å²) in [6, 6.07) is 16.6. The van der Waals surface area contributed by atoms with E-state index in [1.54, 1.807) is 25.1 Å². The number of halogens is 1. The van der Waals surface area contributed by atoms with Crippen LogP contribution in [0.15, 0.2) is 77.7 Å². The molecular formula is C23H22ClNO4. The molecule has 3 rings (SSSR count). The van der Waals surface area contributed by atoms with Gasteiger partial charge in [0.2, 0.25) is 0 Å². The van der Waals surface area contributed by atoms with E-state index < -0.39 is 5.56 Å². The SMILES string of the molecule is Cc1ccn(O)c(=O)c1COc1ccc(OCC=CCc2ccc(Cl)cc2)cc1. The number of pyridine rings is 1. The Morgan fingerprint density at radius 2 is 1.62 bits per heavy atom. The molecule has 0 amide bonds. The maximum atomic E-state index is 11.9. The summed E-state index contributed by atoms with van der Waals surface area (Å²) in [5, 5.41) is 10.2. The fourth-order valence-corrected chi connectivity index (χ4v) is 2.80. The third-order valence-electron chi connectivity index (χ3n) is 4.39. The van der Waals surface area contributed by atoms with Crippen molar-refractivity contribution in [3.05, 3.63) is 105 Å². The van der Waals surface area contributed by atoms with Crippen LogP contribution >= 0.6 is 11.6 Å². The van der Waals surface area contributed by atoms with E-state index in [0.717, 1.165) is 22.8 Å². The molecule has 29 heavy (non-hydrogen) atoms. The molecule has 0 radical (unpaired) electrons. The summed E-state index contributed by atoms with van der Waals surface area (Å²) in [5.74, 6) is 1.34. The Hall–Kier alpha value is -3.18. The zero-order valence-electron chi connectivity index (χ0n) is 16.0. The van der Waals surface area contributed by atoms with Gasteiger partial charge in [-0.15, -0.1) is 0 Å². The molecule has 0 fully saturated rings. The highest BCUT2D eigenvalue weighted by Crippen LogP contribution is 2.19. The predicted octanol–water partition coefficient (Wildman–Crippen LogP) is 4.80. The minimum atomic E-state index is -0.477. The highest BCUT2D eigenvalue weighted by molar-refractivity contribution is 6.30. The van der Waals surface area contributed by atoms with Crippen LogP contribution in [0.25, 0.3) is 0 Å². The highest BCUT2D eigenvalue weighted by atomic mass is 35.5. The van der Waals surface area contributed by atoms with Gasteiger partial charge < -0.3 is 14.7 Å². The average molecular weight is 412 g/mol. The quantitative estimate of drug-likeness (QED) is 0.427. The number of aryl methyl sites for hydroxylation is 1. The van der Waals surface area contributed by atoms with E-state index in [0.29, 0.717) is 22.7 Å². The first-order valence-electron chi connectivity index (χ1n) is 9.18. The molecule has 3 aromatic rings. The molecular weight excluding hydrogens is 390 g/mol. The van der Waals surface area contributed by atoms with Crippen molar-refractivity contribution in [3.8, 4) is 11.5 Å². The Morgan fingerprint density at radius 3 is 2.31 bits per heavy atom. The normalized spacial score (nSPS) is 11.0. The molecule has 150 valence electrons. The van der Waals surface area contributed by atoms with Gasteiger partial charge in [-0.3, -0.25) is 4.79 Å². The number of hydrogen-bond acceptors (Lipinski definition) is 4. The number of ether oxygens (including phenoxy) is 2. The molecule has 0 saturated heterocycles. The molecule has 1 heterocycles. The molecule has 5 nitrogen and oxygen atoms in total. The number of nitrogens with zero attached hydrogens (tertiary/aromatic N) is 1. The number of benzene rings is 2. The van der Waals surface area contributed by atoms with Crippen LogP contribution in [0.4, 0.5) is 0 Å². The standard InChI is InChI=1S/C23H22ClNO4/c1-17-13-14-25(27)23(26)22(17)16-29-21-11-9-20(10-12-21)28-15-3-2-4-18-5-7-19(24)8-6-18/h2-3,5-14,27H,4,15-16H2,1H3. The van der Waals surface area contributed by atoms with Gasteiger partial charge in [0.05, 0.1) is 5.56 Å². The molecule has 0 bridgehead atoms. The van der Waals surface area contributed by atoms with Gasteiger partial charge in [0.1, 0.15) is 24.7 Å². The van der Waals surface area contributed by atoms with E-state index in [-0.39, 0.29) is 6.61 Å². The molecule has 2 aromatic carbocycles. The lowest BCUT2D eigenvalue weighted by atomic mass is 10.1. The van der Waals surface area contributed by atoms with Crippen LogP contribution in [0.1, 0.15) is 16.7 Å². The second-order valence-corrected chi connectivity index (χ2v) is 6.94. The molecule has 0 atom stereocenters. The van der Waals surface area contributed by atoms with Gasteiger partial charge >= 0.3 is 0 Å². The molecule has 1 N–H and O–H groups in total. The van der Waals surface area contributed by atoms with E-state index >= 15 is 0 Å². The minimum Gasteiger partial charge on any atom is -0.490 e. The monoisotopic (exact) mass is 411 g/mol. The summed E-state index contributed by atoms with van der Waals surface area (Å²) in [7, 11) is 0. The van der Waals surface area contributed by atoms with Gasteiger partial charge in [-0.2, -0.15) is 4.73 Å². The lowest BCUT2D eigenvalue weighted by molar-refractivity contribution is 0.171. The van der Waals surface area contributed by atoms with Gasteiger partial charge in [-0.25, -0.2) is 0 Å². The van der Waals surface area contributed by atoms with Gasteiger partial charge in [0, 0.05) is 11.2 Å². The van der Waals surface area contributed by atoms with Gasteiger partial charge in [0.25, 0.3) is 5.56 Å². The topological polar surface area (TPSA) is 60.7 Å². The number of allylic oxidation sites excluding steroid dienone is 1. The molecule has 0 unspecified atom stereocenters. The maximum Gasteiger partial charge on any atom is 0.289 e. The van der Waals surface area contributed by atoms with Gasteiger partial charge in [-0.05, 0) is 66.9 Å². The number of aromatic nitrogens is 1. The van der Waals surface area contributed by atoms with Crippen LogP contribution in [-0.2, 0) is 13.0 Å². The third kappa shape index (κ3) is 5.90. The predicted molar refractivity (Wildman–Crippen MR) is 113 cm³/mol. The van der Waals surface area contributed by atoms with Gasteiger partial charge in [0.15, 0.2) is 0 Å². The molecule has 6 heteroatoms. The van der Waals surface area contributed by atoms with Crippen molar-refractivity contribution in [2.75, 3.05) is 6.61 Å². The summed E-state index contributed by atoms with van der Waals surface area (Å²) >= 11 is 5.87. The smallest absolute Gasteiger partial charge is 0.289 e. The van der Waals surface area contributed by atoms with Crippen molar-refractivity contribution >= 4 is 11.6 Å². The van der Waals surface area contributed by atoms with Crippen molar-refractivity contribution < 1.29 is 14.7 Å². The Bertz CT molecular complexity index is 1020. The van der Waals surface area contributed by atoms with Crippen molar-refractivity contribution in [2.24, 2.45) is 0 Å². The lowest BCUT2D eigenvalue weighted by Gasteiger charge is -2.10. The summed E-state index contributed by atoms with van der Waals surface area (Å²) in [6.45, 7) is 2.35. The van der Waals surface area contributed by atoms with E-state index in [9.17, 15) is 10.0 Å². The molecule has 0 aliphatic carbocycles. The molecule has 0 saturated carbocycles. The van der Waals surface area contributed by atoms with Crippen molar-refractivity contribution in [2.45, 2.75) is 20.0 Å². The summed E-state index contributed by atoms with van der Waals surface area (Å²) in [4.78, 5) is 11.9. The Morgan fingerprint density at radius 1 is 0.966 bits per heavy atom. The van der Waals surface area contributed by atoms with Gasteiger partial charge in [-0.1, -0.05) is 35.9 Å². The first-order chi connectivity index (χ1) is 14.0. The largest absolute Gasteiger partial charge is 0.490 e. The van der Waals surface area contributed by atoms with E-state index in [2.05, 4.69) is 6.08 Å². The summed E-state index contributed by atoms with van der Waals surface area (Å²) in [5.41, 5.74) is 1.90. The van der Waals surface area contributed by atoms with E-state index in [1.165, 1.54) is 11.8 Å². The summed E-state index contributed by atoms with van der Waals surface area (Å²) in [6.07, 6.45) is 6.16. The Kier molecular flexibility index (Phi) is 6.98. The lowest BCUT2D eigenvalue weighted by Crippen LogP contribution is -2.23. The zero-order valence-corrected chi connectivity index (χ0v) is 16.8.